The Labute approximate surface area is 324 Å². The summed E-state index contributed by atoms with van der Waals surface area (Å²) < 4.78 is 44.5. The fraction of sp³-hybridized carbons (Fsp3) is 0.220. The van der Waals surface area contributed by atoms with Crippen molar-refractivity contribution in [2.24, 2.45) is 0 Å². The number of ether oxygens (including phenoxy) is 3. The molecule has 0 N–H and O–H groups in total. The SMILES string of the molecule is Cc1cc(/C=C/C(=O)N2CCN(Cc3ccc(CCOc4ccc(F)cc4)cc3)CC2)cc(Cl)c1Oc1ccc(OCc2cccc(Cl)c2F)cn1.Cl. The zero-order valence-electron chi connectivity index (χ0n) is 28.9. The molecule has 1 aromatic heterocycles. The van der Waals surface area contributed by atoms with E-state index in [1.807, 2.05) is 17.9 Å². The van der Waals surface area contributed by atoms with Crippen molar-refractivity contribution in [2.45, 2.75) is 26.5 Å². The van der Waals surface area contributed by atoms with Crippen molar-refractivity contribution in [1.29, 1.82) is 0 Å². The first-order valence-corrected chi connectivity index (χ1v) is 17.6. The Morgan fingerprint density at radius 2 is 1.57 bits per heavy atom. The second kappa shape index (κ2) is 18.9. The standard InChI is InChI=1S/C41H37Cl2F2N3O4.ClH/c1-28-23-31(24-37(43)41(28)52-38-15-14-35(25-46-38)51-27-32-3-2-4-36(42)40(32)45)9-16-39(49)48-20-18-47(19-21-48)26-30-7-5-29(6-8-30)17-22-50-34-12-10-33(44)11-13-34;/h2-16,23-25H,17-22,26-27H2,1H3;1H/b16-9+;. The number of hydrogen-bond acceptors (Lipinski definition) is 6. The van der Waals surface area contributed by atoms with Gasteiger partial charge in [-0.2, -0.15) is 0 Å². The van der Waals surface area contributed by atoms with Crippen LogP contribution in [0.2, 0.25) is 10.0 Å². The molecule has 1 amide bonds. The molecule has 0 saturated carbocycles. The van der Waals surface area contributed by atoms with Gasteiger partial charge >= 0.3 is 0 Å². The molecule has 1 saturated heterocycles. The molecule has 1 aliphatic rings. The Balaban J connectivity index is 0.00000541. The smallest absolute Gasteiger partial charge is 0.246 e. The largest absolute Gasteiger partial charge is 0.493 e. The first-order chi connectivity index (χ1) is 25.2. The van der Waals surface area contributed by atoms with E-state index in [-0.39, 0.29) is 35.8 Å². The van der Waals surface area contributed by atoms with Crippen LogP contribution in [0.5, 0.6) is 23.1 Å². The highest BCUT2D eigenvalue weighted by Crippen LogP contribution is 2.34. The summed E-state index contributed by atoms with van der Waals surface area (Å²) in [5.41, 5.74) is 4.28. The van der Waals surface area contributed by atoms with E-state index in [1.54, 1.807) is 54.6 Å². The number of carbonyl (C=O) groups excluding carboxylic acids is 1. The maximum absolute atomic E-state index is 14.1. The van der Waals surface area contributed by atoms with E-state index in [1.165, 1.54) is 35.5 Å². The molecule has 0 spiro atoms. The van der Waals surface area contributed by atoms with Gasteiger partial charge in [-0.1, -0.05) is 59.6 Å². The van der Waals surface area contributed by atoms with Gasteiger partial charge in [-0.15, -0.1) is 12.4 Å². The lowest BCUT2D eigenvalue weighted by Crippen LogP contribution is -2.47. The number of carbonyl (C=O) groups is 1. The van der Waals surface area contributed by atoms with Gasteiger partial charge in [0, 0.05) is 56.9 Å². The number of hydrogen-bond donors (Lipinski definition) is 0. The average molecular weight is 781 g/mol. The van der Waals surface area contributed by atoms with Crippen molar-refractivity contribution in [3.63, 3.8) is 0 Å². The number of pyridine rings is 1. The predicted molar refractivity (Wildman–Crippen MR) is 206 cm³/mol. The zero-order valence-corrected chi connectivity index (χ0v) is 31.3. The van der Waals surface area contributed by atoms with Gasteiger partial charge in [-0.25, -0.2) is 13.8 Å². The molecule has 4 aromatic carbocycles. The van der Waals surface area contributed by atoms with E-state index in [2.05, 4.69) is 34.1 Å². The van der Waals surface area contributed by atoms with Crippen molar-refractivity contribution in [2.75, 3.05) is 32.8 Å². The number of halogens is 5. The number of piperazine rings is 1. The summed E-state index contributed by atoms with van der Waals surface area (Å²) in [6.07, 6.45) is 5.58. The van der Waals surface area contributed by atoms with Crippen molar-refractivity contribution >= 4 is 47.6 Å². The van der Waals surface area contributed by atoms with Gasteiger partial charge in [0.05, 0.1) is 22.8 Å². The number of benzene rings is 4. The summed E-state index contributed by atoms with van der Waals surface area (Å²) >= 11 is 12.4. The molecule has 0 aliphatic carbocycles. The van der Waals surface area contributed by atoms with Crippen LogP contribution in [0.4, 0.5) is 8.78 Å². The molecule has 2 heterocycles. The molecule has 1 aliphatic heterocycles. The summed E-state index contributed by atoms with van der Waals surface area (Å²) in [5.74, 6) is 1.02. The molecule has 6 rings (SSSR count). The quantitative estimate of drug-likeness (QED) is 0.111. The predicted octanol–water partition coefficient (Wildman–Crippen LogP) is 9.75. The third-order valence-electron chi connectivity index (χ3n) is 8.60. The van der Waals surface area contributed by atoms with E-state index >= 15 is 0 Å². The third kappa shape index (κ3) is 11.2. The summed E-state index contributed by atoms with van der Waals surface area (Å²) in [6.45, 7) is 6.06. The van der Waals surface area contributed by atoms with Crippen LogP contribution in [0.15, 0.2) is 103 Å². The van der Waals surface area contributed by atoms with Crippen molar-refractivity contribution in [3.05, 3.63) is 153 Å². The Morgan fingerprint density at radius 3 is 2.26 bits per heavy atom. The van der Waals surface area contributed by atoms with Crippen LogP contribution in [-0.4, -0.2) is 53.5 Å². The van der Waals surface area contributed by atoms with Crippen LogP contribution >= 0.6 is 35.6 Å². The molecule has 5 aromatic rings. The van der Waals surface area contributed by atoms with E-state index in [0.717, 1.165) is 37.2 Å². The summed E-state index contributed by atoms with van der Waals surface area (Å²) in [4.78, 5) is 21.5. The van der Waals surface area contributed by atoms with Crippen molar-refractivity contribution < 1.29 is 27.8 Å². The van der Waals surface area contributed by atoms with Gasteiger partial charge in [0.1, 0.15) is 29.7 Å². The van der Waals surface area contributed by atoms with E-state index in [0.29, 0.717) is 53.4 Å². The first-order valence-electron chi connectivity index (χ1n) is 16.9. The van der Waals surface area contributed by atoms with Gasteiger partial charge < -0.3 is 19.1 Å². The highest BCUT2D eigenvalue weighted by molar-refractivity contribution is 6.32. The van der Waals surface area contributed by atoms with Crippen LogP contribution in [0, 0.1) is 18.6 Å². The third-order valence-corrected chi connectivity index (χ3v) is 9.17. The minimum Gasteiger partial charge on any atom is -0.493 e. The first kappa shape index (κ1) is 39.5. The molecule has 276 valence electrons. The Kier molecular flexibility index (Phi) is 14.1. The zero-order chi connectivity index (χ0) is 36.5. The van der Waals surface area contributed by atoms with Gasteiger partial charge in [0.2, 0.25) is 11.8 Å². The fourth-order valence-corrected chi connectivity index (χ4v) is 6.22. The second-order valence-electron chi connectivity index (χ2n) is 12.4. The summed E-state index contributed by atoms with van der Waals surface area (Å²) in [5, 5.41) is 0.420. The minimum absolute atomic E-state index is 0. The van der Waals surface area contributed by atoms with Crippen LogP contribution in [0.3, 0.4) is 0 Å². The Bertz CT molecular complexity index is 1980. The monoisotopic (exact) mass is 779 g/mol. The lowest BCUT2D eigenvalue weighted by Gasteiger charge is -2.34. The van der Waals surface area contributed by atoms with Crippen LogP contribution < -0.4 is 14.2 Å². The number of nitrogens with zero attached hydrogens (tertiary/aromatic N) is 3. The Morgan fingerprint density at radius 1 is 0.849 bits per heavy atom. The minimum atomic E-state index is -0.511. The number of aromatic nitrogens is 1. The lowest BCUT2D eigenvalue weighted by molar-refractivity contribution is -0.127. The van der Waals surface area contributed by atoms with E-state index in [4.69, 9.17) is 37.4 Å². The highest BCUT2D eigenvalue weighted by atomic mass is 35.5. The van der Waals surface area contributed by atoms with Crippen molar-refractivity contribution in [1.82, 2.24) is 14.8 Å². The van der Waals surface area contributed by atoms with E-state index in [9.17, 15) is 13.6 Å². The number of rotatable bonds is 13. The molecule has 12 heteroatoms. The fourth-order valence-electron chi connectivity index (χ4n) is 5.71. The number of aryl methyl sites for hydroxylation is 1. The van der Waals surface area contributed by atoms with Gasteiger partial charge in [-0.05, 0) is 83.8 Å². The molecular formula is C41H38Cl3F2N3O4. The molecule has 1 fully saturated rings. The average Bonchev–Trinajstić information content (AvgIpc) is 3.15. The maximum Gasteiger partial charge on any atom is 0.246 e. The highest BCUT2D eigenvalue weighted by Gasteiger charge is 2.20. The lowest BCUT2D eigenvalue weighted by atomic mass is 10.1. The van der Waals surface area contributed by atoms with Crippen LogP contribution in [-0.2, 0) is 24.4 Å². The second-order valence-corrected chi connectivity index (χ2v) is 13.2. The topological polar surface area (TPSA) is 64.1 Å². The van der Waals surface area contributed by atoms with Gasteiger partial charge in [0.25, 0.3) is 0 Å². The van der Waals surface area contributed by atoms with Crippen LogP contribution in [0.25, 0.3) is 6.08 Å². The molecule has 0 unspecified atom stereocenters. The molecule has 53 heavy (non-hydrogen) atoms. The molecular weight excluding hydrogens is 743 g/mol. The normalized spacial score (nSPS) is 13.1. The Hall–Kier alpha value is -4.67. The van der Waals surface area contributed by atoms with E-state index < -0.39 is 5.82 Å². The molecule has 0 radical (unpaired) electrons. The number of amides is 1. The summed E-state index contributed by atoms with van der Waals surface area (Å²) in [6, 6.07) is 26.2. The summed E-state index contributed by atoms with van der Waals surface area (Å²) in [7, 11) is 0. The van der Waals surface area contributed by atoms with Crippen LogP contribution in [0.1, 0.15) is 27.8 Å². The molecule has 0 bridgehead atoms. The van der Waals surface area contributed by atoms with Crippen molar-refractivity contribution in [3.8, 4) is 23.1 Å². The molecule has 0 atom stereocenters. The molecule has 7 nitrogen and oxygen atoms in total. The van der Waals surface area contributed by atoms with Gasteiger partial charge in [-0.3, -0.25) is 9.69 Å². The van der Waals surface area contributed by atoms with Gasteiger partial charge in [0.15, 0.2) is 5.75 Å². The maximum atomic E-state index is 14.1.